The number of aromatic nitrogens is 2. The van der Waals surface area contributed by atoms with Crippen molar-refractivity contribution in [3.63, 3.8) is 0 Å². The Morgan fingerprint density at radius 3 is 2.63 bits per heavy atom. The van der Waals surface area contributed by atoms with Gasteiger partial charge < -0.3 is 5.32 Å². The zero-order valence-corrected chi connectivity index (χ0v) is 13.5. The van der Waals surface area contributed by atoms with Crippen LogP contribution in [-0.2, 0) is 18.5 Å². The minimum absolute atomic E-state index is 0. The van der Waals surface area contributed by atoms with Crippen LogP contribution in [0.5, 0.6) is 0 Å². The average Bonchev–Trinajstić information content (AvgIpc) is 2.87. The Balaban J connectivity index is 0.00000180. The molecule has 0 aliphatic heterocycles. The third kappa shape index (κ3) is 4.06. The fourth-order valence-electron chi connectivity index (χ4n) is 1.99. The number of thiophene rings is 1. The highest BCUT2D eigenvalue weighted by Gasteiger charge is 2.19. The fourth-order valence-corrected chi connectivity index (χ4v) is 2.87. The smallest absolute Gasteiger partial charge is 0.0535 e. The Morgan fingerprint density at radius 1 is 1.32 bits per heavy atom. The van der Waals surface area contributed by atoms with Gasteiger partial charge in [0.15, 0.2) is 0 Å². The van der Waals surface area contributed by atoms with E-state index in [2.05, 4.69) is 54.7 Å². The van der Waals surface area contributed by atoms with Gasteiger partial charge in [0, 0.05) is 34.6 Å². The van der Waals surface area contributed by atoms with Crippen LogP contribution < -0.4 is 5.32 Å². The topological polar surface area (TPSA) is 40.7 Å². The summed E-state index contributed by atoms with van der Waals surface area (Å²) in [4.78, 5) is 1.41. The molecule has 106 valence electrons. The van der Waals surface area contributed by atoms with Crippen molar-refractivity contribution in [1.29, 1.82) is 0 Å². The summed E-state index contributed by atoms with van der Waals surface area (Å²) in [5.41, 5.74) is 3.97. The number of H-pyrrole nitrogens is 1. The molecular formula is C14H22ClN3S. The molecule has 0 aliphatic rings. The van der Waals surface area contributed by atoms with Gasteiger partial charge in [0.25, 0.3) is 0 Å². The molecule has 2 aromatic rings. The van der Waals surface area contributed by atoms with Crippen molar-refractivity contribution >= 4 is 23.7 Å². The maximum atomic E-state index is 4.16. The van der Waals surface area contributed by atoms with Gasteiger partial charge in [-0.2, -0.15) is 5.10 Å². The fraction of sp³-hybridized carbons (Fsp3) is 0.500. The molecule has 0 bridgehead atoms. The first kappa shape index (κ1) is 16.2. The summed E-state index contributed by atoms with van der Waals surface area (Å²) in [6.07, 6.45) is 1.93. The number of aryl methyl sites for hydroxylation is 1. The van der Waals surface area contributed by atoms with E-state index >= 15 is 0 Å². The van der Waals surface area contributed by atoms with Gasteiger partial charge in [0.05, 0.1) is 6.20 Å². The summed E-state index contributed by atoms with van der Waals surface area (Å²) in [6, 6.07) is 2.17. The van der Waals surface area contributed by atoms with Crippen molar-refractivity contribution in [2.45, 2.75) is 46.2 Å². The molecule has 0 spiro atoms. The van der Waals surface area contributed by atoms with Crippen LogP contribution in [0.3, 0.4) is 0 Å². The molecule has 2 aromatic heterocycles. The molecule has 0 fully saturated rings. The zero-order chi connectivity index (χ0) is 13.2. The van der Waals surface area contributed by atoms with Gasteiger partial charge in [-0.15, -0.1) is 23.7 Å². The molecule has 0 aliphatic carbocycles. The van der Waals surface area contributed by atoms with E-state index in [0.29, 0.717) is 0 Å². The van der Waals surface area contributed by atoms with E-state index in [1.807, 2.05) is 17.5 Å². The van der Waals surface area contributed by atoms with Crippen LogP contribution in [0.2, 0.25) is 0 Å². The van der Waals surface area contributed by atoms with Gasteiger partial charge in [-0.1, -0.05) is 20.8 Å². The highest BCUT2D eigenvalue weighted by Crippen LogP contribution is 2.23. The Labute approximate surface area is 125 Å². The van der Waals surface area contributed by atoms with E-state index in [1.165, 1.54) is 21.7 Å². The number of rotatable bonds is 4. The molecule has 0 saturated carbocycles. The molecule has 3 nitrogen and oxygen atoms in total. The number of aromatic amines is 1. The number of hydrogen-bond donors (Lipinski definition) is 2. The lowest BCUT2D eigenvalue weighted by atomic mass is 9.89. The minimum atomic E-state index is 0. The number of nitrogens with zero attached hydrogens (tertiary/aromatic N) is 1. The summed E-state index contributed by atoms with van der Waals surface area (Å²) in [5.74, 6) is 0. The van der Waals surface area contributed by atoms with Crippen LogP contribution in [0.4, 0.5) is 0 Å². The molecule has 19 heavy (non-hydrogen) atoms. The molecule has 2 N–H and O–H groups in total. The summed E-state index contributed by atoms with van der Waals surface area (Å²) < 4.78 is 0. The molecule has 0 unspecified atom stereocenters. The minimum Gasteiger partial charge on any atom is -0.308 e. The predicted molar refractivity (Wildman–Crippen MR) is 84.1 cm³/mol. The van der Waals surface area contributed by atoms with Crippen LogP contribution >= 0.6 is 23.7 Å². The molecule has 0 radical (unpaired) electrons. The Kier molecular flexibility index (Phi) is 5.59. The number of hydrogen-bond acceptors (Lipinski definition) is 3. The van der Waals surface area contributed by atoms with E-state index in [9.17, 15) is 0 Å². The maximum absolute atomic E-state index is 4.16. The zero-order valence-electron chi connectivity index (χ0n) is 11.9. The van der Waals surface area contributed by atoms with Crippen LogP contribution in [0.25, 0.3) is 0 Å². The average molecular weight is 300 g/mol. The lowest BCUT2D eigenvalue weighted by molar-refractivity contribution is 0.554. The van der Waals surface area contributed by atoms with E-state index in [1.54, 1.807) is 0 Å². The van der Waals surface area contributed by atoms with Gasteiger partial charge in [-0.05, 0) is 23.9 Å². The molecule has 5 heteroatoms. The summed E-state index contributed by atoms with van der Waals surface area (Å²) in [7, 11) is 0. The first-order valence-corrected chi connectivity index (χ1v) is 7.13. The van der Waals surface area contributed by atoms with Crippen LogP contribution in [0, 0.1) is 6.92 Å². The van der Waals surface area contributed by atoms with Crippen molar-refractivity contribution in [2.24, 2.45) is 0 Å². The second-order valence-electron chi connectivity index (χ2n) is 5.65. The van der Waals surface area contributed by atoms with Crippen LogP contribution in [0.15, 0.2) is 17.6 Å². The van der Waals surface area contributed by atoms with Crippen molar-refractivity contribution in [2.75, 3.05) is 0 Å². The van der Waals surface area contributed by atoms with Crippen LogP contribution in [-0.4, -0.2) is 10.2 Å². The molecule has 0 aromatic carbocycles. The van der Waals surface area contributed by atoms with E-state index in [4.69, 9.17) is 0 Å². The Hall–Kier alpha value is -0.840. The maximum Gasteiger partial charge on any atom is 0.0535 e. The van der Waals surface area contributed by atoms with Gasteiger partial charge >= 0.3 is 0 Å². The largest absolute Gasteiger partial charge is 0.308 e. The standard InChI is InChI=1S/C14H21N3S.ClH/c1-10-5-6-18-12(10)9-15-7-11-8-16-17-13(11)14(2,3)4;/h5-6,8,15H,7,9H2,1-4H3,(H,16,17);1H. The lowest BCUT2D eigenvalue weighted by Crippen LogP contribution is -2.18. The summed E-state index contributed by atoms with van der Waals surface area (Å²) >= 11 is 1.81. The number of halogens is 1. The molecular weight excluding hydrogens is 278 g/mol. The molecule has 2 heterocycles. The summed E-state index contributed by atoms with van der Waals surface area (Å²) in [6.45, 7) is 10.6. The first-order chi connectivity index (χ1) is 8.48. The third-order valence-corrected chi connectivity index (χ3v) is 4.06. The van der Waals surface area contributed by atoms with Gasteiger partial charge in [-0.25, -0.2) is 0 Å². The molecule has 0 atom stereocenters. The monoisotopic (exact) mass is 299 g/mol. The highest BCUT2D eigenvalue weighted by molar-refractivity contribution is 7.10. The van der Waals surface area contributed by atoms with E-state index in [-0.39, 0.29) is 17.8 Å². The second kappa shape index (κ2) is 6.55. The first-order valence-electron chi connectivity index (χ1n) is 6.25. The van der Waals surface area contributed by atoms with Gasteiger partial charge in [-0.3, -0.25) is 5.10 Å². The molecule has 2 rings (SSSR count). The SMILES string of the molecule is Cc1ccsc1CNCc1cn[nH]c1C(C)(C)C.Cl. The quantitative estimate of drug-likeness (QED) is 0.902. The van der Waals surface area contributed by atoms with Gasteiger partial charge in [0.2, 0.25) is 0 Å². The molecule has 0 saturated heterocycles. The van der Waals surface area contributed by atoms with Crippen molar-refractivity contribution in [3.05, 3.63) is 39.3 Å². The lowest BCUT2D eigenvalue weighted by Gasteiger charge is -2.18. The Morgan fingerprint density at radius 2 is 2.05 bits per heavy atom. The van der Waals surface area contributed by atoms with Gasteiger partial charge in [0.1, 0.15) is 0 Å². The third-order valence-electron chi connectivity index (χ3n) is 3.04. The van der Waals surface area contributed by atoms with Crippen molar-refractivity contribution < 1.29 is 0 Å². The molecule has 0 amide bonds. The van der Waals surface area contributed by atoms with Crippen LogP contribution in [0.1, 0.15) is 42.5 Å². The highest BCUT2D eigenvalue weighted by atomic mass is 35.5. The number of nitrogens with one attached hydrogen (secondary N) is 2. The van der Waals surface area contributed by atoms with E-state index < -0.39 is 0 Å². The summed E-state index contributed by atoms with van der Waals surface area (Å²) in [5, 5.41) is 12.9. The Bertz CT molecular complexity index is 511. The normalized spacial score (nSPS) is 11.4. The van der Waals surface area contributed by atoms with E-state index in [0.717, 1.165) is 13.1 Å². The van der Waals surface area contributed by atoms with Crippen molar-refractivity contribution in [1.82, 2.24) is 15.5 Å². The predicted octanol–water partition coefficient (Wildman–Crippen LogP) is 3.79. The second-order valence-corrected chi connectivity index (χ2v) is 6.65. The van der Waals surface area contributed by atoms with Crippen molar-refractivity contribution in [3.8, 4) is 0 Å².